The second-order valence-corrected chi connectivity index (χ2v) is 5.17. The van der Waals surface area contributed by atoms with Crippen molar-refractivity contribution < 1.29 is 9.53 Å². The number of methoxy groups -OCH3 is 1. The second kappa shape index (κ2) is 5.80. The summed E-state index contributed by atoms with van der Waals surface area (Å²) in [5, 5.41) is 0. The first kappa shape index (κ1) is 13.5. The molecule has 0 aliphatic rings. The number of ether oxygens (including phenoxy) is 1. The van der Waals surface area contributed by atoms with Crippen LogP contribution in [0.5, 0.6) is 5.75 Å². The van der Waals surface area contributed by atoms with Gasteiger partial charge in [-0.25, -0.2) is 0 Å². The molecule has 0 fully saturated rings. The van der Waals surface area contributed by atoms with Gasteiger partial charge in [0, 0.05) is 16.1 Å². The molecule has 3 nitrogen and oxygen atoms in total. The first-order valence-electron chi connectivity index (χ1n) is 5.83. The highest BCUT2D eigenvalue weighted by molar-refractivity contribution is 7.99. The van der Waals surface area contributed by atoms with Crippen LogP contribution in [0, 0.1) is 0 Å². The van der Waals surface area contributed by atoms with Crippen LogP contribution in [0.4, 0.5) is 5.69 Å². The van der Waals surface area contributed by atoms with E-state index in [2.05, 4.69) is 0 Å². The van der Waals surface area contributed by atoms with Crippen molar-refractivity contribution in [2.24, 2.45) is 0 Å². The fourth-order valence-corrected chi connectivity index (χ4v) is 2.70. The van der Waals surface area contributed by atoms with Crippen LogP contribution < -0.4 is 10.5 Å². The van der Waals surface area contributed by atoms with Crippen LogP contribution in [0.15, 0.2) is 52.3 Å². The number of hydrogen-bond donors (Lipinski definition) is 1. The van der Waals surface area contributed by atoms with Gasteiger partial charge < -0.3 is 10.5 Å². The van der Waals surface area contributed by atoms with Crippen LogP contribution in [-0.4, -0.2) is 12.9 Å². The van der Waals surface area contributed by atoms with Crippen LogP contribution >= 0.6 is 11.8 Å². The predicted octanol–water partition coefficient (Wildman–Crippen LogP) is 3.63. The van der Waals surface area contributed by atoms with Crippen LogP contribution in [0.1, 0.15) is 17.3 Å². The van der Waals surface area contributed by atoms with E-state index in [1.807, 2.05) is 36.4 Å². The van der Waals surface area contributed by atoms with Gasteiger partial charge in [0.25, 0.3) is 0 Å². The number of carbonyl (C=O) groups is 1. The number of hydrogen-bond acceptors (Lipinski definition) is 4. The van der Waals surface area contributed by atoms with Gasteiger partial charge in [0.05, 0.1) is 12.0 Å². The molecule has 4 heteroatoms. The van der Waals surface area contributed by atoms with Crippen molar-refractivity contribution in [1.29, 1.82) is 0 Å². The Bertz CT molecular complexity index is 611. The van der Waals surface area contributed by atoms with Crippen molar-refractivity contribution in [1.82, 2.24) is 0 Å². The number of rotatable bonds is 4. The van der Waals surface area contributed by atoms with E-state index in [9.17, 15) is 4.79 Å². The minimum absolute atomic E-state index is 0.0278. The first-order valence-corrected chi connectivity index (χ1v) is 6.65. The molecule has 0 aliphatic carbocycles. The molecule has 2 rings (SSSR count). The van der Waals surface area contributed by atoms with E-state index >= 15 is 0 Å². The van der Waals surface area contributed by atoms with Crippen molar-refractivity contribution in [3.63, 3.8) is 0 Å². The number of anilines is 1. The summed E-state index contributed by atoms with van der Waals surface area (Å²) in [5.41, 5.74) is 6.85. The highest BCUT2D eigenvalue weighted by Gasteiger charge is 2.08. The summed E-state index contributed by atoms with van der Waals surface area (Å²) in [7, 11) is 1.64. The van der Waals surface area contributed by atoms with Gasteiger partial charge in [-0.05, 0) is 37.3 Å². The third kappa shape index (κ3) is 3.09. The fourth-order valence-electron chi connectivity index (χ4n) is 1.73. The lowest BCUT2D eigenvalue weighted by atomic mass is 10.1. The zero-order chi connectivity index (χ0) is 13.8. The van der Waals surface area contributed by atoms with E-state index in [-0.39, 0.29) is 5.78 Å². The molecule has 2 N–H and O–H groups in total. The van der Waals surface area contributed by atoms with Gasteiger partial charge >= 0.3 is 0 Å². The van der Waals surface area contributed by atoms with Crippen molar-refractivity contribution in [2.45, 2.75) is 16.7 Å². The number of carbonyl (C=O) groups excluding carboxylic acids is 1. The fraction of sp³-hybridized carbons (Fsp3) is 0.133. The molecular formula is C15H15NO2S. The summed E-state index contributed by atoms with van der Waals surface area (Å²) >= 11 is 1.55. The third-order valence-corrected chi connectivity index (χ3v) is 3.75. The van der Waals surface area contributed by atoms with Crippen molar-refractivity contribution in [3.05, 3.63) is 48.0 Å². The minimum atomic E-state index is -0.0278. The van der Waals surface area contributed by atoms with Gasteiger partial charge in [-0.1, -0.05) is 23.9 Å². The molecular weight excluding hydrogens is 258 g/mol. The Morgan fingerprint density at radius 2 is 1.95 bits per heavy atom. The first-order chi connectivity index (χ1) is 9.11. The highest BCUT2D eigenvalue weighted by Crippen LogP contribution is 2.35. The van der Waals surface area contributed by atoms with Crippen LogP contribution in [0.3, 0.4) is 0 Å². The second-order valence-electron chi connectivity index (χ2n) is 4.06. The van der Waals surface area contributed by atoms with E-state index in [4.69, 9.17) is 10.5 Å². The summed E-state index contributed by atoms with van der Waals surface area (Å²) in [6.45, 7) is 1.52. The van der Waals surface area contributed by atoms with Gasteiger partial charge in [-0.2, -0.15) is 0 Å². The normalized spacial score (nSPS) is 10.2. The van der Waals surface area contributed by atoms with Crippen molar-refractivity contribution >= 4 is 23.2 Å². The predicted molar refractivity (Wildman–Crippen MR) is 78.0 cm³/mol. The molecule has 0 spiro atoms. The summed E-state index contributed by atoms with van der Waals surface area (Å²) < 4.78 is 5.31. The summed E-state index contributed by atoms with van der Waals surface area (Å²) in [4.78, 5) is 13.4. The molecule has 98 valence electrons. The van der Waals surface area contributed by atoms with E-state index in [1.165, 1.54) is 6.92 Å². The number of Topliss-reactive ketones (excluding diaryl/α,β-unsaturated/α-hetero) is 1. The van der Waals surface area contributed by atoms with Gasteiger partial charge in [0.1, 0.15) is 5.75 Å². The SMILES string of the molecule is COc1ccccc1Sc1ccc(N)c(C(C)=O)c1. The topological polar surface area (TPSA) is 52.3 Å². The van der Waals surface area contributed by atoms with Crippen molar-refractivity contribution in [2.75, 3.05) is 12.8 Å². The molecule has 0 amide bonds. The molecule has 0 radical (unpaired) electrons. The Morgan fingerprint density at radius 1 is 1.21 bits per heavy atom. The highest BCUT2D eigenvalue weighted by atomic mass is 32.2. The summed E-state index contributed by atoms with van der Waals surface area (Å²) in [6, 6.07) is 13.2. The Balaban J connectivity index is 2.33. The number of nitrogen functional groups attached to an aromatic ring is 1. The van der Waals surface area contributed by atoms with Gasteiger partial charge in [0.15, 0.2) is 5.78 Å². The van der Waals surface area contributed by atoms with Crippen LogP contribution in [0.25, 0.3) is 0 Å². The molecule has 0 unspecified atom stereocenters. The smallest absolute Gasteiger partial charge is 0.161 e. The molecule has 2 aromatic rings. The monoisotopic (exact) mass is 273 g/mol. The number of benzene rings is 2. The van der Waals surface area contributed by atoms with E-state index in [0.29, 0.717) is 11.3 Å². The lowest BCUT2D eigenvalue weighted by molar-refractivity contribution is 0.101. The Labute approximate surface area is 116 Å². The van der Waals surface area contributed by atoms with Gasteiger partial charge in [0.2, 0.25) is 0 Å². The standard InChI is InChI=1S/C15H15NO2S/c1-10(17)12-9-11(7-8-13(12)16)19-15-6-4-3-5-14(15)18-2/h3-9H,16H2,1-2H3. The van der Waals surface area contributed by atoms with Crippen LogP contribution in [0.2, 0.25) is 0 Å². The van der Waals surface area contributed by atoms with E-state index < -0.39 is 0 Å². The Morgan fingerprint density at radius 3 is 2.63 bits per heavy atom. The maximum atomic E-state index is 11.5. The Kier molecular flexibility index (Phi) is 4.12. The zero-order valence-corrected chi connectivity index (χ0v) is 11.7. The molecule has 2 aromatic carbocycles. The van der Waals surface area contributed by atoms with E-state index in [1.54, 1.807) is 24.9 Å². The number of ketones is 1. The maximum Gasteiger partial charge on any atom is 0.161 e. The molecule has 19 heavy (non-hydrogen) atoms. The summed E-state index contributed by atoms with van der Waals surface area (Å²) in [6.07, 6.45) is 0. The molecule has 0 atom stereocenters. The molecule has 0 aliphatic heterocycles. The summed E-state index contributed by atoms with van der Waals surface area (Å²) in [5.74, 6) is 0.786. The van der Waals surface area contributed by atoms with Crippen molar-refractivity contribution in [3.8, 4) is 5.75 Å². The lowest BCUT2D eigenvalue weighted by Crippen LogP contribution is -1.99. The third-order valence-electron chi connectivity index (χ3n) is 2.70. The minimum Gasteiger partial charge on any atom is -0.496 e. The lowest BCUT2D eigenvalue weighted by Gasteiger charge is -2.09. The number of nitrogens with two attached hydrogens (primary N) is 1. The van der Waals surface area contributed by atoms with Crippen LogP contribution in [-0.2, 0) is 0 Å². The number of para-hydroxylation sites is 1. The molecule has 0 saturated carbocycles. The van der Waals surface area contributed by atoms with E-state index in [0.717, 1.165) is 15.5 Å². The average Bonchev–Trinajstić information content (AvgIpc) is 2.41. The quantitative estimate of drug-likeness (QED) is 0.682. The zero-order valence-electron chi connectivity index (χ0n) is 10.8. The van der Waals surface area contributed by atoms with Gasteiger partial charge in [-0.3, -0.25) is 4.79 Å². The Hall–Kier alpha value is -1.94. The maximum absolute atomic E-state index is 11.5. The molecule has 0 heterocycles. The molecule has 0 aromatic heterocycles. The molecule has 0 saturated heterocycles. The largest absolute Gasteiger partial charge is 0.496 e. The average molecular weight is 273 g/mol. The molecule has 0 bridgehead atoms. The van der Waals surface area contributed by atoms with Gasteiger partial charge in [-0.15, -0.1) is 0 Å².